The predicted octanol–water partition coefficient (Wildman–Crippen LogP) is 3.21. The van der Waals surface area contributed by atoms with Gasteiger partial charge in [0.05, 0.1) is 0 Å². The molecular weight excluding hydrogens is 266 g/mol. The Balaban J connectivity index is 2.70. The molecule has 2 N–H and O–H groups in total. The van der Waals surface area contributed by atoms with Crippen molar-refractivity contribution in [2.45, 2.75) is 52.0 Å². The second-order valence-corrected chi connectivity index (χ2v) is 6.63. The number of nitrogens with one attached hydrogen (secondary N) is 1. The van der Waals surface area contributed by atoms with Gasteiger partial charge in [0, 0.05) is 0 Å². The van der Waals surface area contributed by atoms with Gasteiger partial charge in [-0.15, -0.1) is 0 Å². The number of carbonyl (C=O) groups is 1. The fourth-order valence-corrected chi connectivity index (χ4v) is 1.87. The smallest absolute Gasteiger partial charge is 0.327 e. The van der Waals surface area contributed by atoms with E-state index in [0.717, 1.165) is 6.42 Å². The van der Waals surface area contributed by atoms with Crippen molar-refractivity contribution in [3.05, 3.63) is 29.8 Å². The number of carboxylic acid groups (broad SMARTS) is 1. The lowest BCUT2D eigenvalue weighted by Gasteiger charge is -2.26. The molecule has 0 aliphatic heterocycles. The third-order valence-electron chi connectivity index (χ3n) is 3.49. The summed E-state index contributed by atoms with van der Waals surface area (Å²) in [6.07, 6.45) is 0.878. The van der Waals surface area contributed by atoms with Gasteiger partial charge in [0.15, 0.2) is 0 Å². The molecule has 4 heteroatoms. The minimum atomic E-state index is -1.07. The molecule has 1 atom stereocenters. The Labute approximate surface area is 127 Å². The van der Waals surface area contributed by atoms with Gasteiger partial charge < -0.3 is 9.84 Å². The molecule has 21 heavy (non-hydrogen) atoms. The van der Waals surface area contributed by atoms with Crippen molar-refractivity contribution in [1.82, 2.24) is 5.32 Å². The first-order valence-corrected chi connectivity index (χ1v) is 7.41. The maximum atomic E-state index is 11.4. The summed E-state index contributed by atoms with van der Waals surface area (Å²) in [6, 6.07) is 7.82. The van der Waals surface area contributed by atoms with E-state index in [1.165, 1.54) is 5.56 Å². The fraction of sp³-hybridized carbons (Fsp3) is 0.588. The van der Waals surface area contributed by atoms with Crippen LogP contribution in [0.1, 0.15) is 46.6 Å². The Morgan fingerprint density at radius 3 is 2.19 bits per heavy atom. The summed E-state index contributed by atoms with van der Waals surface area (Å²) in [5, 5.41) is 12.4. The molecule has 0 aliphatic carbocycles. The third kappa shape index (κ3) is 5.05. The molecule has 0 saturated carbocycles. The Bertz CT molecular complexity index is 462. The van der Waals surface area contributed by atoms with E-state index < -0.39 is 11.5 Å². The zero-order valence-electron chi connectivity index (χ0n) is 13.7. The molecule has 0 saturated heterocycles. The van der Waals surface area contributed by atoms with Gasteiger partial charge in [0.25, 0.3) is 0 Å². The van der Waals surface area contributed by atoms with Crippen LogP contribution in [-0.4, -0.2) is 29.8 Å². The van der Waals surface area contributed by atoms with Gasteiger partial charge in [-0.05, 0) is 43.0 Å². The average Bonchev–Trinajstić information content (AvgIpc) is 2.42. The fourth-order valence-electron chi connectivity index (χ4n) is 1.87. The zero-order valence-corrected chi connectivity index (χ0v) is 13.7. The predicted molar refractivity (Wildman–Crippen MR) is 85.0 cm³/mol. The summed E-state index contributed by atoms with van der Waals surface area (Å²) in [6.45, 7) is 10.8. The Morgan fingerprint density at radius 2 is 1.76 bits per heavy atom. The normalized spacial score (nSPS) is 14.5. The molecule has 0 amide bonds. The lowest BCUT2D eigenvalue weighted by molar-refractivity contribution is -0.145. The van der Waals surface area contributed by atoms with Gasteiger partial charge in [0.1, 0.15) is 17.9 Å². The van der Waals surface area contributed by atoms with Crippen LogP contribution < -0.4 is 10.1 Å². The van der Waals surface area contributed by atoms with Gasteiger partial charge in [-0.2, -0.15) is 0 Å². The first-order chi connectivity index (χ1) is 9.69. The highest BCUT2D eigenvalue weighted by Gasteiger charge is 2.33. The third-order valence-corrected chi connectivity index (χ3v) is 3.49. The highest BCUT2D eigenvalue weighted by molar-refractivity contribution is 5.78. The maximum absolute atomic E-state index is 11.4. The van der Waals surface area contributed by atoms with Gasteiger partial charge >= 0.3 is 5.97 Å². The maximum Gasteiger partial charge on any atom is 0.327 e. The minimum Gasteiger partial charge on any atom is -0.491 e. The number of aliphatic carboxylic acids is 1. The van der Waals surface area contributed by atoms with Crippen molar-refractivity contribution >= 4 is 5.97 Å². The molecular formula is C17H27NO3. The molecule has 1 rings (SSSR count). The van der Waals surface area contributed by atoms with Crippen LogP contribution in [0.5, 0.6) is 5.75 Å². The van der Waals surface area contributed by atoms with Crippen LogP contribution in [0.4, 0.5) is 0 Å². The van der Waals surface area contributed by atoms with Crippen LogP contribution in [0.25, 0.3) is 0 Å². The highest BCUT2D eigenvalue weighted by atomic mass is 16.5. The Hall–Kier alpha value is -1.55. The van der Waals surface area contributed by atoms with E-state index >= 15 is 0 Å². The minimum absolute atomic E-state index is 0.0940. The summed E-state index contributed by atoms with van der Waals surface area (Å²) < 4.78 is 5.65. The standard InChI is InChI=1S/C17H27NO3/c1-6-11-18-17(5,15(19)20)12-21-14-9-7-13(8-10-14)16(2,3)4/h7-10,18H,6,11-12H2,1-5H3,(H,19,20). The van der Waals surface area contributed by atoms with Crippen molar-refractivity contribution < 1.29 is 14.6 Å². The van der Waals surface area contributed by atoms with E-state index in [2.05, 4.69) is 26.1 Å². The van der Waals surface area contributed by atoms with Crippen molar-refractivity contribution in [1.29, 1.82) is 0 Å². The largest absolute Gasteiger partial charge is 0.491 e. The number of hydrogen-bond donors (Lipinski definition) is 2. The molecule has 0 spiro atoms. The van der Waals surface area contributed by atoms with E-state index in [4.69, 9.17) is 4.74 Å². The number of benzene rings is 1. The average molecular weight is 293 g/mol. The van der Waals surface area contributed by atoms with Crippen LogP contribution >= 0.6 is 0 Å². The van der Waals surface area contributed by atoms with Gasteiger partial charge in [-0.1, -0.05) is 39.8 Å². The van der Waals surface area contributed by atoms with E-state index in [1.807, 2.05) is 31.2 Å². The molecule has 0 aliphatic rings. The van der Waals surface area contributed by atoms with Crippen LogP contribution in [0.3, 0.4) is 0 Å². The topological polar surface area (TPSA) is 58.6 Å². The van der Waals surface area contributed by atoms with Crippen LogP contribution in [0, 0.1) is 0 Å². The van der Waals surface area contributed by atoms with Crippen molar-refractivity contribution in [2.75, 3.05) is 13.2 Å². The van der Waals surface area contributed by atoms with E-state index in [-0.39, 0.29) is 12.0 Å². The quantitative estimate of drug-likeness (QED) is 0.810. The summed E-state index contributed by atoms with van der Waals surface area (Å²) in [4.78, 5) is 11.4. The summed E-state index contributed by atoms with van der Waals surface area (Å²) >= 11 is 0. The number of rotatable bonds is 7. The highest BCUT2D eigenvalue weighted by Crippen LogP contribution is 2.24. The van der Waals surface area contributed by atoms with Crippen LogP contribution in [0.2, 0.25) is 0 Å². The number of ether oxygens (including phenoxy) is 1. The second-order valence-electron chi connectivity index (χ2n) is 6.63. The number of carboxylic acids is 1. The number of hydrogen-bond acceptors (Lipinski definition) is 3. The summed E-state index contributed by atoms with van der Waals surface area (Å²) in [5.41, 5.74) is 0.245. The molecule has 0 fully saturated rings. The molecule has 4 nitrogen and oxygen atoms in total. The molecule has 1 unspecified atom stereocenters. The molecule has 0 aromatic heterocycles. The summed E-state index contributed by atoms with van der Waals surface area (Å²) in [7, 11) is 0. The van der Waals surface area contributed by atoms with E-state index in [9.17, 15) is 9.90 Å². The summed E-state index contributed by atoms with van der Waals surface area (Å²) in [5.74, 6) is -0.212. The van der Waals surface area contributed by atoms with Crippen molar-refractivity contribution in [2.24, 2.45) is 0 Å². The molecule has 118 valence electrons. The lowest BCUT2D eigenvalue weighted by atomic mass is 9.87. The zero-order chi connectivity index (χ0) is 16.1. The van der Waals surface area contributed by atoms with Crippen LogP contribution in [-0.2, 0) is 10.2 Å². The van der Waals surface area contributed by atoms with E-state index in [0.29, 0.717) is 12.3 Å². The SMILES string of the molecule is CCCNC(C)(COc1ccc(C(C)(C)C)cc1)C(=O)O. The van der Waals surface area contributed by atoms with Gasteiger partial charge in [-0.3, -0.25) is 10.1 Å². The molecule has 1 aromatic rings. The van der Waals surface area contributed by atoms with Crippen molar-refractivity contribution in [3.8, 4) is 5.75 Å². The first-order valence-electron chi connectivity index (χ1n) is 7.41. The molecule has 1 aromatic carbocycles. The van der Waals surface area contributed by atoms with Crippen LogP contribution in [0.15, 0.2) is 24.3 Å². The van der Waals surface area contributed by atoms with Gasteiger partial charge in [-0.25, -0.2) is 0 Å². The Morgan fingerprint density at radius 1 is 1.19 bits per heavy atom. The monoisotopic (exact) mass is 293 g/mol. The second kappa shape index (κ2) is 6.94. The first kappa shape index (κ1) is 17.5. The molecule has 0 bridgehead atoms. The molecule has 0 heterocycles. The van der Waals surface area contributed by atoms with E-state index in [1.54, 1.807) is 6.92 Å². The van der Waals surface area contributed by atoms with Crippen molar-refractivity contribution in [3.63, 3.8) is 0 Å². The Kier molecular flexibility index (Phi) is 5.78. The van der Waals surface area contributed by atoms with Gasteiger partial charge in [0.2, 0.25) is 0 Å². The lowest BCUT2D eigenvalue weighted by Crippen LogP contribution is -2.54. The molecule has 0 radical (unpaired) electrons.